The largest absolute Gasteiger partial charge is 0.369 e. The van der Waals surface area contributed by atoms with Gasteiger partial charge in [-0.25, -0.2) is 0 Å². The van der Waals surface area contributed by atoms with Gasteiger partial charge in [0.2, 0.25) is 0 Å². The molecule has 2 heterocycles. The molecule has 0 aromatic carbocycles. The molecule has 0 amide bonds. The van der Waals surface area contributed by atoms with Crippen molar-refractivity contribution in [1.29, 1.82) is 0 Å². The number of pyridine rings is 1. The fourth-order valence-corrected chi connectivity index (χ4v) is 1.48. The molecule has 3 heteroatoms. The minimum absolute atomic E-state index is 1.09. The minimum Gasteiger partial charge on any atom is -0.369 e. The fourth-order valence-electron chi connectivity index (χ4n) is 1.48. The van der Waals surface area contributed by atoms with Crippen LogP contribution in [0.4, 0.5) is 5.69 Å². The van der Waals surface area contributed by atoms with E-state index >= 15 is 0 Å². The summed E-state index contributed by atoms with van der Waals surface area (Å²) in [4.78, 5) is 6.37. The first-order valence-electron chi connectivity index (χ1n) is 6.32. The zero-order valence-corrected chi connectivity index (χ0v) is 11.0. The van der Waals surface area contributed by atoms with E-state index in [2.05, 4.69) is 27.3 Å². The highest BCUT2D eigenvalue weighted by Crippen LogP contribution is 2.11. The van der Waals surface area contributed by atoms with Gasteiger partial charge in [-0.15, -0.1) is 0 Å². The van der Waals surface area contributed by atoms with E-state index in [1.807, 2.05) is 40.1 Å². The number of aromatic nitrogens is 1. The number of piperazine rings is 1. The zero-order valence-electron chi connectivity index (χ0n) is 11.0. The molecule has 1 N–H and O–H groups in total. The van der Waals surface area contributed by atoms with E-state index in [0.29, 0.717) is 0 Å². The fraction of sp³-hybridized carbons (Fsp3) is 0.615. The summed E-state index contributed by atoms with van der Waals surface area (Å²) in [6.07, 6.45) is 3.69. The Morgan fingerprint density at radius 1 is 1.00 bits per heavy atom. The Bertz CT molecular complexity index is 230. The second-order valence-electron chi connectivity index (χ2n) is 2.94. The highest BCUT2D eigenvalue weighted by Gasteiger charge is 2.08. The van der Waals surface area contributed by atoms with Crippen LogP contribution in [0.25, 0.3) is 0 Å². The first-order chi connectivity index (χ1) is 7.97. The number of nitrogens with zero attached hydrogens (tertiary/aromatic N) is 2. The van der Waals surface area contributed by atoms with Crippen LogP contribution >= 0.6 is 0 Å². The molecule has 3 nitrogen and oxygen atoms in total. The van der Waals surface area contributed by atoms with Gasteiger partial charge in [-0.3, -0.25) is 4.98 Å². The van der Waals surface area contributed by atoms with E-state index in [4.69, 9.17) is 0 Å². The topological polar surface area (TPSA) is 28.2 Å². The minimum atomic E-state index is 1.09. The first-order valence-corrected chi connectivity index (χ1v) is 6.32. The van der Waals surface area contributed by atoms with Crippen molar-refractivity contribution in [3.63, 3.8) is 0 Å². The lowest BCUT2D eigenvalue weighted by atomic mass is 10.3. The van der Waals surface area contributed by atoms with Crippen molar-refractivity contribution >= 4 is 5.69 Å². The highest BCUT2D eigenvalue weighted by molar-refractivity contribution is 5.44. The van der Waals surface area contributed by atoms with E-state index in [0.717, 1.165) is 26.2 Å². The molecule has 0 saturated carbocycles. The van der Waals surface area contributed by atoms with E-state index in [9.17, 15) is 0 Å². The van der Waals surface area contributed by atoms with Crippen molar-refractivity contribution in [2.75, 3.05) is 31.1 Å². The maximum atomic E-state index is 4.00. The Morgan fingerprint density at radius 2 is 1.50 bits per heavy atom. The third-order valence-corrected chi connectivity index (χ3v) is 2.14. The van der Waals surface area contributed by atoms with Crippen molar-refractivity contribution in [2.45, 2.75) is 27.7 Å². The van der Waals surface area contributed by atoms with Crippen LogP contribution in [0.1, 0.15) is 27.7 Å². The molecule has 1 aliphatic rings. The summed E-state index contributed by atoms with van der Waals surface area (Å²) in [6, 6.07) is 4.12. The predicted octanol–water partition coefficient (Wildman–Crippen LogP) is 2.54. The van der Waals surface area contributed by atoms with Crippen LogP contribution in [0.2, 0.25) is 0 Å². The molecule has 2 rings (SSSR count). The molecule has 1 aliphatic heterocycles. The molecule has 92 valence electrons. The van der Waals surface area contributed by atoms with Crippen LogP contribution in [0.15, 0.2) is 24.5 Å². The number of anilines is 1. The van der Waals surface area contributed by atoms with Gasteiger partial charge in [0, 0.05) is 44.3 Å². The molecule has 0 radical (unpaired) electrons. The first kappa shape index (κ1) is 14.9. The van der Waals surface area contributed by atoms with Crippen LogP contribution in [0.5, 0.6) is 0 Å². The van der Waals surface area contributed by atoms with E-state index < -0.39 is 0 Å². The molecule has 0 bridgehead atoms. The summed E-state index contributed by atoms with van der Waals surface area (Å²) in [5, 5.41) is 3.33. The maximum absolute atomic E-state index is 4.00. The molecule has 0 spiro atoms. The molecule has 0 aliphatic carbocycles. The molecule has 1 saturated heterocycles. The van der Waals surface area contributed by atoms with Crippen LogP contribution in [0, 0.1) is 0 Å². The van der Waals surface area contributed by atoms with Gasteiger partial charge in [-0.1, -0.05) is 27.7 Å². The average molecular weight is 223 g/mol. The molecule has 16 heavy (non-hydrogen) atoms. The third kappa shape index (κ3) is 5.12. The Hall–Kier alpha value is -1.09. The standard InChI is InChI=1S/C9H13N3.2C2H6/c1-3-10-4-2-9(1)12-7-5-11-6-8-12;2*1-2/h1-4,11H,5-8H2;2*1-2H3. The van der Waals surface area contributed by atoms with Gasteiger partial charge >= 0.3 is 0 Å². The predicted molar refractivity (Wildman–Crippen MR) is 72.0 cm³/mol. The highest BCUT2D eigenvalue weighted by atomic mass is 15.2. The summed E-state index contributed by atoms with van der Waals surface area (Å²) in [5.74, 6) is 0. The summed E-state index contributed by atoms with van der Waals surface area (Å²) >= 11 is 0. The quantitative estimate of drug-likeness (QED) is 0.793. The van der Waals surface area contributed by atoms with Crippen LogP contribution in [-0.4, -0.2) is 31.2 Å². The number of hydrogen-bond donors (Lipinski definition) is 1. The second kappa shape index (κ2) is 10.4. The SMILES string of the molecule is CC.CC.c1cc(N2CCNCC2)ccn1. The second-order valence-corrected chi connectivity index (χ2v) is 2.94. The van der Waals surface area contributed by atoms with Gasteiger partial charge in [0.1, 0.15) is 0 Å². The number of rotatable bonds is 1. The van der Waals surface area contributed by atoms with Gasteiger partial charge in [0.05, 0.1) is 0 Å². The molecule has 1 fully saturated rings. The van der Waals surface area contributed by atoms with Crippen LogP contribution in [-0.2, 0) is 0 Å². The van der Waals surface area contributed by atoms with Gasteiger partial charge in [0.15, 0.2) is 0 Å². The van der Waals surface area contributed by atoms with E-state index in [1.54, 1.807) is 0 Å². The van der Waals surface area contributed by atoms with Crippen LogP contribution < -0.4 is 10.2 Å². The van der Waals surface area contributed by atoms with Gasteiger partial charge in [-0.05, 0) is 12.1 Å². The summed E-state index contributed by atoms with van der Waals surface area (Å²) < 4.78 is 0. The van der Waals surface area contributed by atoms with Crippen molar-refractivity contribution in [3.8, 4) is 0 Å². The van der Waals surface area contributed by atoms with Crippen molar-refractivity contribution in [2.24, 2.45) is 0 Å². The Balaban J connectivity index is 0.000000509. The lowest BCUT2D eigenvalue weighted by Crippen LogP contribution is -2.43. The van der Waals surface area contributed by atoms with Crippen molar-refractivity contribution in [1.82, 2.24) is 10.3 Å². The number of nitrogens with one attached hydrogen (secondary N) is 1. The molecular weight excluding hydrogens is 198 g/mol. The summed E-state index contributed by atoms with van der Waals surface area (Å²) in [7, 11) is 0. The molecule has 0 unspecified atom stereocenters. The average Bonchev–Trinajstić information content (AvgIpc) is 2.45. The summed E-state index contributed by atoms with van der Waals surface area (Å²) in [6.45, 7) is 12.4. The monoisotopic (exact) mass is 223 g/mol. The maximum Gasteiger partial charge on any atom is 0.0397 e. The van der Waals surface area contributed by atoms with E-state index in [-0.39, 0.29) is 0 Å². The normalized spacial score (nSPS) is 14.1. The lowest BCUT2D eigenvalue weighted by molar-refractivity contribution is 0.589. The molecule has 0 atom stereocenters. The third-order valence-electron chi connectivity index (χ3n) is 2.14. The lowest BCUT2D eigenvalue weighted by Gasteiger charge is -2.29. The Labute approximate surface area is 99.9 Å². The number of hydrogen-bond acceptors (Lipinski definition) is 3. The van der Waals surface area contributed by atoms with Crippen LogP contribution in [0.3, 0.4) is 0 Å². The smallest absolute Gasteiger partial charge is 0.0397 e. The molecule has 1 aromatic rings. The van der Waals surface area contributed by atoms with Crippen molar-refractivity contribution in [3.05, 3.63) is 24.5 Å². The summed E-state index contributed by atoms with van der Waals surface area (Å²) in [5.41, 5.74) is 1.28. The zero-order chi connectivity index (χ0) is 12.2. The molecular formula is C13H25N3. The van der Waals surface area contributed by atoms with E-state index in [1.165, 1.54) is 5.69 Å². The molecule has 1 aromatic heterocycles. The van der Waals surface area contributed by atoms with Gasteiger partial charge < -0.3 is 10.2 Å². The Kier molecular flexibility index (Phi) is 9.72. The Morgan fingerprint density at radius 3 is 2.00 bits per heavy atom. The van der Waals surface area contributed by atoms with Gasteiger partial charge in [0.25, 0.3) is 0 Å². The van der Waals surface area contributed by atoms with Crippen molar-refractivity contribution < 1.29 is 0 Å². The van der Waals surface area contributed by atoms with Gasteiger partial charge in [-0.2, -0.15) is 0 Å².